The second-order valence-corrected chi connectivity index (χ2v) is 18.5. The summed E-state index contributed by atoms with van der Waals surface area (Å²) in [4.78, 5) is 8.95. The van der Waals surface area contributed by atoms with Crippen LogP contribution in [0.1, 0.15) is 60.5 Å². The van der Waals surface area contributed by atoms with Crippen molar-refractivity contribution in [3.63, 3.8) is 0 Å². The average Bonchev–Trinajstić information content (AvgIpc) is 2.63. The van der Waals surface area contributed by atoms with Crippen molar-refractivity contribution in [3.8, 4) is 0 Å². The number of nitrogens with one attached hydrogen (secondary N) is 1. The number of halogens is 1. The van der Waals surface area contributed by atoms with E-state index in [0.717, 1.165) is 5.56 Å². The van der Waals surface area contributed by atoms with E-state index in [1.54, 1.807) is 6.20 Å². The van der Waals surface area contributed by atoms with Crippen LogP contribution < -0.4 is 4.72 Å². The van der Waals surface area contributed by atoms with E-state index in [9.17, 15) is 4.55 Å². The Morgan fingerprint density at radius 2 is 1.87 bits per heavy atom. The molecule has 0 saturated heterocycles. The quantitative estimate of drug-likeness (QED) is 0.103. The fourth-order valence-electron chi connectivity index (χ4n) is 2.65. The first-order valence-electron chi connectivity index (χ1n) is 10.5. The van der Waals surface area contributed by atoms with Crippen LogP contribution in [0.5, 0.6) is 0 Å². The van der Waals surface area contributed by atoms with Crippen LogP contribution in [0.25, 0.3) is 0 Å². The molecule has 178 valence electrons. The Morgan fingerprint density at radius 3 is 2.29 bits per heavy atom. The molecule has 0 saturated carbocycles. The zero-order valence-corrected chi connectivity index (χ0v) is 24.1. The summed E-state index contributed by atoms with van der Waals surface area (Å²) in [6, 6.07) is -0.226. The SMILES string of the molecule is C=CC[C@@H](N[S@@+]([O-])C(C)(C)C)[C@](C)(CO[Si](C)(C)C(C)(C)C)c1cnc(SC)nc1Cl. The van der Waals surface area contributed by atoms with Crippen LogP contribution in [0.4, 0.5) is 0 Å². The normalized spacial score (nSPS) is 17.2. The maximum atomic E-state index is 13.0. The first kappa shape index (κ1) is 28.9. The van der Waals surface area contributed by atoms with Crippen LogP contribution in [-0.4, -0.2) is 46.5 Å². The molecule has 0 aliphatic rings. The number of aromatic nitrogens is 2. The molecule has 5 nitrogen and oxygen atoms in total. The van der Waals surface area contributed by atoms with E-state index in [2.05, 4.69) is 62.1 Å². The average molecular weight is 506 g/mol. The maximum absolute atomic E-state index is 13.0. The molecule has 0 aliphatic heterocycles. The summed E-state index contributed by atoms with van der Waals surface area (Å²) < 4.78 is 22.6. The molecule has 1 rings (SSSR count). The third-order valence-corrected chi connectivity index (χ3v) is 13.0. The Balaban J connectivity index is 3.51. The molecule has 0 fully saturated rings. The Labute approximate surface area is 203 Å². The second-order valence-electron chi connectivity index (χ2n) is 10.6. The molecule has 1 aromatic heterocycles. The van der Waals surface area contributed by atoms with Crippen molar-refractivity contribution in [1.29, 1.82) is 0 Å². The molecule has 9 heteroatoms. The lowest BCUT2D eigenvalue weighted by Crippen LogP contribution is -2.56. The summed E-state index contributed by atoms with van der Waals surface area (Å²) >= 11 is 6.84. The van der Waals surface area contributed by atoms with Crippen LogP contribution in [0, 0.1) is 0 Å². The summed E-state index contributed by atoms with van der Waals surface area (Å²) in [5.74, 6) is 0. The highest BCUT2D eigenvalue weighted by molar-refractivity contribution is 7.98. The minimum Gasteiger partial charge on any atom is -0.598 e. The number of nitrogens with zero attached hydrogens (tertiary/aromatic N) is 2. The molecule has 1 heterocycles. The third kappa shape index (κ3) is 7.45. The van der Waals surface area contributed by atoms with E-state index in [4.69, 9.17) is 16.0 Å². The van der Waals surface area contributed by atoms with Crippen molar-refractivity contribution >= 4 is 43.0 Å². The number of rotatable bonds is 10. The molecule has 31 heavy (non-hydrogen) atoms. The minimum atomic E-state index is -2.05. The smallest absolute Gasteiger partial charge is 0.192 e. The van der Waals surface area contributed by atoms with Crippen molar-refractivity contribution in [2.75, 3.05) is 12.9 Å². The van der Waals surface area contributed by atoms with Gasteiger partial charge >= 0.3 is 0 Å². The molecule has 0 aliphatic carbocycles. The lowest BCUT2D eigenvalue weighted by Gasteiger charge is -2.43. The fraction of sp³-hybridized carbons (Fsp3) is 0.727. The highest BCUT2D eigenvalue weighted by atomic mass is 35.5. The van der Waals surface area contributed by atoms with Gasteiger partial charge in [-0.3, -0.25) is 0 Å². The van der Waals surface area contributed by atoms with Crippen LogP contribution in [0.2, 0.25) is 23.3 Å². The van der Waals surface area contributed by atoms with Gasteiger partial charge in [0.1, 0.15) is 9.90 Å². The van der Waals surface area contributed by atoms with E-state index < -0.39 is 29.8 Å². The van der Waals surface area contributed by atoms with Gasteiger partial charge in [-0.25, -0.2) is 9.97 Å². The van der Waals surface area contributed by atoms with Gasteiger partial charge in [0.05, 0.1) is 6.04 Å². The molecule has 0 radical (unpaired) electrons. The van der Waals surface area contributed by atoms with E-state index in [1.807, 2.05) is 33.1 Å². The molecular formula is C22H40ClN3O2S2Si. The van der Waals surface area contributed by atoms with Gasteiger partial charge in [0, 0.05) is 35.1 Å². The van der Waals surface area contributed by atoms with Crippen molar-refractivity contribution in [1.82, 2.24) is 14.7 Å². The molecule has 0 aromatic carbocycles. The number of thioether (sulfide) groups is 1. The minimum absolute atomic E-state index is 0.0620. The van der Waals surface area contributed by atoms with Gasteiger partial charge in [-0.05, 0) is 51.6 Å². The Bertz CT molecular complexity index is 753. The molecule has 0 amide bonds. The largest absolute Gasteiger partial charge is 0.598 e. The summed E-state index contributed by atoms with van der Waals surface area (Å²) in [6.45, 7) is 23.4. The lowest BCUT2D eigenvalue weighted by atomic mass is 9.77. The zero-order valence-electron chi connectivity index (χ0n) is 20.8. The fourth-order valence-corrected chi connectivity index (χ4v) is 5.45. The van der Waals surface area contributed by atoms with Crippen molar-refractivity contribution in [3.05, 3.63) is 29.6 Å². The van der Waals surface area contributed by atoms with E-state index in [1.165, 1.54) is 11.8 Å². The van der Waals surface area contributed by atoms with Crippen LogP contribution in [-0.2, 0) is 21.2 Å². The number of hydrogen-bond donors (Lipinski definition) is 1. The van der Waals surface area contributed by atoms with Crippen molar-refractivity contribution in [2.24, 2.45) is 0 Å². The first-order chi connectivity index (χ1) is 14.0. The summed E-state index contributed by atoms with van der Waals surface area (Å²) in [5, 5.41) is 1.08. The standard InChI is InChI=1S/C22H40ClN3O2S2Si/c1-12-13-17(26-30(27)20(2,3)4)22(8,15-28-31(10,11)21(5,6)7)16-14-24-19(29-9)25-18(16)23/h12,14,17,26H,1,13,15H2,2-11H3/t17-,22-,30+/m1/s1. The number of hydrogen-bond acceptors (Lipinski definition) is 6. The van der Waals surface area contributed by atoms with E-state index in [-0.39, 0.29) is 11.1 Å². The third-order valence-electron chi connectivity index (χ3n) is 6.03. The maximum Gasteiger partial charge on any atom is 0.192 e. The Hall–Kier alpha value is -0.0931. The molecule has 1 aromatic rings. The predicted molar refractivity (Wildman–Crippen MR) is 139 cm³/mol. The molecule has 3 atom stereocenters. The van der Waals surface area contributed by atoms with Gasteiger partial charge in [-0.15, -0.1) is 11.3 Å². The Morgan fingerprint density at radius 1 is 1.29 bits per heavy atom. The van der Waals surface area contributed by atoms with Gasteiger partial charge in [-0.1, -0.05) is 57.1 Å². The van der Waals surface area contributed by atoms with Gasteiger partial charge in [0.15, 0.2) is 13.5 Å². The zero-order chi connectivity index (χ0) is 24.3. The van der Waals surface area contributed by atoms with Crippen LogP contribution >= 0.6 is 23.4 Å². The summed E-state index contributed by atoms with van der Waals surface area (Å²) in [5.41, 5.74) is 0.175. The van der Waals surface area contributed by atoms with Crippen LogP contribution in [0.15, 0.2) is 24.0 Å². The van der Waals surface area contributed by atoms with Gasteiger partial charge in [-0.2, -0.15) is 0 Å². The highest BCUT2D eigenvalue weighted by Gasteiger charge is 2.45. The predicted octanol–water partition coefficient (Wildman–Crippen LogP) is 6.13. The Kier molecular flexibility index (Phi) is 10.2. The topological polar surface area (TPSA) is 70.1 Å². The highest BCUT2D eigenvalue weighted by Crippen LogP contribution is 2.41. The van der Waals surface area contributed by atoms with E-state index in [0.29, 0.717) is 23.3 Å². The van der Waals surface area contributed by atoms with Gasteiger partial charge in [0.2, 0.25) is 0 Å². The lowest BCUT2D eigenvalue weighted by molar-refractivity contribution is 0.178. The molecule has 0 unspecified atom stereocenters. The summed E-state index contributed by atoms with van der Waals surface area (Å²) in [6.07, 6.45) is 6.14. The second kappa shape index (κ2) is 10.9. The van der Waals surface area contributed by atoms with E-state index >= 15 is 0 Å². The first-order valence-corrected chi connectivity index (χ1v) is 16.2. The molecule has 1 N–H and O–H groups in total. The molecular weight excluding hydrogens is 466 g/mol. The van der Waals surface area contributed by atoms with Gasteiger partial charge < -0.3 is 8.98 Å². The summed E-state index contributed by atoms with van der Waals surface area (Å²) in [7, 11) is -2.05. The molecule has 0 bridgehead atoms. The van der Waals surface area contributed by atoms with Crippen LogP contribution in [0.3, 0.4) is 0 Å². The monoisotopic (exact) mass is 505 g/mol. The van der Waals surface area contributed by atoms with Crippen molar-refractivity contribution in [2.45, 2.75) is 94.4 Å². The van der Waals surface area contributed by atoms with Gasteiger partial charge in [0.25, 0.3) is 0 Å². The molecule has 0 spiro atoms. The van der Waals surface area contributed by atoms with Crippen molar-refractivity contribution < 1.29 is 8.98 Å².